The Labute approximate surface area is 116 Å². The van der Waals surface area contributed by atoms with Crippen LogP contribution in [-0.2, 0) is 12.4 Å². The first-order valence-corrected chi connectivity index (χ1v) is 7.21. The van der Waals surface area contributed by atoms with Gasteiger partial charge in [-0.1, -0.05) is 6.07 Å². The van der Waals surface area contributed by atoms with E-state index in [1.165, 1.54) is 5.56 Å². The van der Waals surface area contributed by atoms with Gasteiger partial charge in [-0.2, -0.15) is 0 Å². The van der Waals surface area contributed by atoms with Crippen LogP contribution in [-0.4, -0.2) is 21.9 Å². The molecule has 2 aromatic rings. The van der Waals surface area contributed by atoms with Crippen molar-refractivity contribution in [1.82, 2.24) is 14.9 Å². The van der Waals surface area contributed by atoms with E-state index in [2.05, 4.69) is 34.9 Å². The normalized spacial score (nSPS) is 12.9. The molecular weight excluding hydrogens is 266 g/mol. The molecule has 0 aliphatic rings. The van der Waals surface area contributed by atoms with Gasteiger partial charge in [-0.25, -0.2) is 4.98 Å². The molecule has 18 heavy (non-hydrogen) atoms. The fourth-order valence-electron chi connectivity index (χ4n) is 1.68. The van der Waals surface area contributed by atoms with E-state index in [1.807, 2.05) is 17.6 Å². The van der Waals surface area contributed by atoms with Gasteiger partial charge in [-0.3, -0.25) is 9.88 Å². The van der Waals surface area contributed by atoms with Gasteiger partial charge in [0.05, 0.1) is 17.6 Å². The number of aromatic nitrogens is 2. The Kier molecular flexibility index (Phi) is 4.69. The average Bonchev–Trinajstić information content (AvgIpc) is 2.87. The first-order valence-electron chi connectivity index (χ1n) is 5.80. The summed E-state index contributed by atoms with van der Waals surface area (Å²) in [5.74, 6) is 0.482. The molecule has 0 spiro atoms. The van der Waals surface area contributed by atoms with Crippen molar-refractivity contribution in [3.8, 4) is 0 Å². The van der Waals surface area contributed by atoms with Gasteiger partial charge in [0.25, 0.3) is 0 Å². The third kappa shape index (κ3) is 3.28. The Morgan fingerprint density at radius 3 is 2.94 bits per heavy atom. The summed E-state index contributed by atoms with van der Waals surface area (Å²) in [5.41, 5.74) is 2.17. The predicted octanol–water partition coefficient (Wildman–Crippen LogP) is 3.47. The molecule has 3 nitrogen and oxygen atoms in total. The average molecular weight is 282 g/mol. The van der Waals surface area contributed by atoms with E-state index in [-0.39, 0.29) is 6.04 Å². The van der Waals surface area contributed by atoms with Crippen molar-refractivity contribution >= 4 is 22.9 Å². The number of halogens is 1. The third-order valence-electron chi connectivity index (χ3n) is 2.88. The lowest BCUT2D eigenvalue weighted by Gasteiger charge is -2.22. The first kappa shape index (κ1) is 13.5. The zero-order valence-corrected chi connectivity index (χ0v) is 12.1. The molecular formula is C13H16ClN3S. The van der Waals surface area contributed by atoms with Crippen LogP contribution < -0.4 is 0 Å². The molecule has 0 aliphatic heterocycles. The molecule has 0 aliphatic carbocycles. The summed E-state index contributed by atoms with van der Waals surface area (Å²) in [6.45, 7) is 3.03. The van der Waals surface area contributed by atoms with Crippen molar-refractivity contribution in [3.63, 3.8) is 0 Å². The Balaban J connectivity index is 2.02. The van der Waals surface area contributed by atoms with Gasteiger partial charge in [0, 0.05) is 24.3 Å². The fraction of sp³-hybridized carbons (Fsp3) is 0.385. The summed E-state index contributed by atoms with van der Waals surface area (Å²) in [5, 5.41) is 3.13. The molecule has 1 unspecified atom stereocenters. The quantitative estimate of drug-likeness (QED) is 0.786. The minimum Gasteiger partial charge on any atom is -0.293 e. The Morgan fingerprint density at radius 1 is 1.50 bits per heavy atom. The highest BCUT2D eigenvalue weighted by Gasteiger charge is 2.15. The summed E-state index contributed by atoms with van der Waals surface area (Å²) in [7, 11) is 2.10. The number of hydrogen-bond acceptors (Lipinski definition) is 4. The molecule has 0 N–H and O–H groups in total. The predicted molar refractivity (Wildman–Crippen MR) is 75.8 cm³/mol. The SMILES string of the molecule is CC(c1nc(CCl)cs1)N(C)Cc1cccnc1. The van der Waals surface area contributed by atoms with Gasteiger partial charge in [-0.15, -0.1) is 22.9 Å². The van der Waals surface area contributed by atoms with E-state index in [4.69, 9.17) is 11.6 Å². The minimum atomic E-state index is 0.284. The minimum absolute atomic E-state index is 0.284. The smallest absolute Gasteiger partial charge is 0.110 e. The van der Waals surface area contributed by atoms with E-state index in [0.29, 0.717) is 5.88 Å². The second-order valence-electron chi connectivity index (χ2n) is 4.26. The molecule has 0 aromatic carbocycles. The fourth-order valence-corrected chi connectivity index (χ4v) is 2.85. The third-order valence-corrected chi connectivity index (χ3v) is 4.22. The van der Waals surface area contributed by atoms with Crippen LogP contribution in [0.15, 0.2) is 29.9 Å². The molecule has 0 saturated carbocycles. The summed E-state index contributed by atoms with van der Waals surface area (Å²) in [6, 6.07) is 4.33. The van der Waals surface area contributed by atoms with Crippen LogP contribution in [0.25, 0.3) is 0 Å². The van der Waals surface area contributed by atoms with Gasteiger partial charge in [-0.05, 0) is 25.6 Å². The van der Waals surface area contributed by atoms with Crippen molar-refractivity contribution in [2.75, 3.05) is 7.05 Å². The van der Waals surface area contributed by atoms with Gasteiger partial charge < -0.3 is 0 Å². The maximum atomic E-state index is 5.78. The van der Waals surface area contributed by atoms with Crippen LogP contribution in [0.1, 0.15) is 29.2 Å². The molecule has 2 rings (SSSR count). The van der Waals surface area contributed by atoms with Crippen LogP contribution >= 0.6 is 22.9 Å². The Hall–Kier alpha value is -0.970. The summed E-state index contributed by atoms with van der Waals surface area (Å²) in [6.07, 6.45) is 3.69. The number of hydrogen-bond donors (Lipinski definition) is 0. The van der Waals surface area contributed by atoms with E-state index in [0.717, 1.165) is 17.2 Å². The molecule has 0 bridgehead atoms. The maximum Gasteiger partial charge on any atom is 0.110 e. The highest BCUT2D eigenvalue weighted by atomic mass is 35.5. The lowest BCUT2D eigenvalue weighted by molar-refractivity contribution is 0.252. The highest BCUT2D eigenvalue weighted by Crippen LogP contribution is 2.24. The number of rotatable bonds is 5. The van der Waals surface area contributed by atoms with Crippen LogP contribution in [0.4, 0.5) is 0 Å². The van der Waals surface area contributed by atoms with Crippen molar-refractivity contribution in [2.24, 2.45) is 0 Å². The molecule has 96 valence electrons. The van der Waals surface area contributed by atoms with Crippen molar-refractivity contribution in [2.45, 2.75) is 25.4 Å². The number of pyridine rings is 1. The molecule has 0 fully saturated rings. The molecule has 5 heteroatoms. The molecule has 2 heterocycles. The van der Waals surface area contributed by atoms with Crippen LogP contribution in [0.2, 0.25) is 0 Å². The number of alkyl halides is 1. The summed E-state index contributed by atoms with van der Waals surface area (Å²) < 4.78 is 0. The summed E-state index contributed by atoms with van der Waals surface area (Å²) in [4.78, 5) is 10.9. The first-order chi connectivity index (χ1) is 8.70. The molecule has 1 atom stereocenters. The van der Waals surface area contributed by atoms with Crippen molar-refractivity contribution in [1.29, 1.82) is 0 Å². The van der Waals surface area contributed by atoms with Gasteiger partial charge in [0.1, 0.15) is 5.01 Å². The van der Waals surface area contributed by atoms with Crippen molar-refractivity contribution < 1.29 is 0 Å². The zero-order valence-electron chi connectivity index (χ0n) is 10.5. The van der Waals surface area contributed by atoms with E-state index < -0.39 is 0 Å². The number of thiazole rings is 1. The van der Waals surface area contributed by atoms with Crippen LogP contribution in [0.5, 0.6) is 0 Å². The zero-order chi connectivity index (χ0) is 13.0. The standard InChI is InChI=1S/C13H16ClN3S/c1-10(13-16-12(6-14)9-18-13)17(2)8-11-4-3-5-15-7-11/h3-5,7,9-10H,6,8H2,1-2H3. The topological polar surface area (TPSA) is 29.0 Å². The monoisotopic (exact) mass is 281 g/mol. The maximum absolute atomic E-state index is 5.78. The van der Waals surface area contributed by atoms with E-state index in [1.54, 1.807) is 17.5 Å². The van der Waals surface area contributed by atoms with Gasteiger partial charge in [0.2, 0.25) is 0 Å². The second-order valence-corrected chi connectivity index (χ2v) is 5.42. The molecule has 0 amide bonds. The Bertz CT molecular complexity index is 486. The van der Waals surface area contributed by atoms with Crippen LogP contribution in [0, 0.1) is 0 Å². The van der Waals surface area contributed by atoms with Crippen LogP contribution in [0.3, 0.4) is 0 Å². The lowest BCUT2D eigenvalue weighted by Crippen LogP contribution is -2.21. The second kappa shape index (κ2) is 6.27. The molecule has 0 saturated heterocycles. The lowest BCUT2D eigenvalue weighted by atomic mass is 10.2. The van der Waals surface area contributed by atoms with Crippen molar-refractivity contribution in [3.05, 3.63) is 46.2 Å². The van der Waals surface area contributed by atoms with Gasteiger partial charge >= 0.3 is 0 Å². The largest absolute Gasteiger partial charge is 0.293 e. The highest BCUT2D eigenvalue weighted by molar-refractivity contribution is 7.09. The van der Waals surface area contributed by atoms with E-state index >= 15 is 0 Å². The Morgan fingerprint density at radius 2 is 2.33 bits per heavy atom. The van der Waals surface area contributed by atoms with Gasteiger partial charge in [0.15, 0.2) is 0 Å². The summed E-state index contributed by atoms with van der Waals surface area (Å²) >= 11 is 7.44. The molecule has 0 radical (unpaired) electrons. The van der Waals surface area contributed by atoms with E-state index in [9.17, 15) is 0 Å². The molecule has 2 aromatic heterocycles. The number of nitrogens with zero attached hydrogens (tertiary/aromatic N) is 3.